The van der Waals surface area contributed by atoms with Crippen molar-refractivity contribution in [1.29, 1.82) is 0 Å². The average molecular weight is 392 g/mol. The molecule has 0 aliphatic carbocycles. The van der Waals surface area contributed by atoms with Crippen LogP contribution in [0.3, 0.4) is 0 Å². The summed E-state index contributed by atoms with van der Waals surface area (Å²) in [5.74, 6) is 0.0545. The molecule has 0 spiro atoms. The number of fused-ring (bicyclic) bond motifs is 1. The summed E-state index contributed by atoms with van der Waals surface area (Å²) in [6, 6.07) is 10.0. The van der Waals surface area contributed by atoms with E-state index in [0.29, 0.717) is 6.54 Å². The van der Waals surface area contributed by atoms with E-state index in [-0.39, 0.29) is 18.3 Å². The lowest BCUT2D eigenvalue weighted by Crippen LogP contribution is -2.54. The van der Waals surface area contributed by atoms with Crippen LogP contribution in [0.1, 0.15) is 17.8 Å². The predicted molar refractivity (Wildman–Crippen MR) is 106 cm³/mol. The molecule has 1 fully saturated rings. The van der Waals surface area contributed by atoms with Gasteiger partial charge in [0.2, 0.25) is 5.91 Å². The molecule has 138 valence electrons. The van der Waals surface area contributed by atoms with Gasteiger partial charge in [-0.15, -0.1) is 23.7 Å². The molecule has 0 bridgehead atoms. The maximum Gasteiger partial charge on any atom is 0.248 e. The molecule has 1 amide bonds. The van der Waals surface area contributed by atoms with Crippen molar-refractivity contribution in [3.8, 4) is 0 Å². The Balaban J connectivity index is 0.00000196. The third kappa shape index (κ3) is 3.60. The third-order valence-corrected chi connectivity index (χ3v) is 5.86. The Hall–Kier alpha value is -1.96. The van der Waals surface area contributed by atoms with Gasteiger partial charge in [-0.2, -0.15) is 5.10 Å². The number of nitrogens with zero attached hydrogens (tertiary/aromatic N) is 3. The summed E-state index contributed by atoms with van der Waals surface area (Å²) in [5.41, 5.74) is 0.447. The van der Waals surface area contributed by atoms with Crippen molar-refractivity contribution < 1.29 is 4.79 Å². The minimum atomic E-state index is -0.581. The monoisotopic (exact) mass is 391 g/mol. The van der Waals surface area contributed by atoms with Gasteiger partial charge < -0.3 is 10.6 Å². The van der Waals surface area contributed by atoms with Crippen LogP contribution in [0.4, 0.5) is 0 Å². The van der Waals surface area contributed by atoms with Crippen LogP contribution in [0, 0.1) is 0 Å². The van der Waals surface area contributed by atoms with Crippen molar-refractivity contribution in [2.24, 2.45) is 0 Å². The van der Waals surface area contributed by atoms with Crippen molar-refractivity contribution in [3.63, 3.8) is 0 Å². The molecule has 8 heteroatoms. The van der Waals surface area contributed by atoms with E-state index in [1.807, 2.05) is 35.1 Å². The Morgan fingerprint density at radius 3 is 2.81 bits per heavy atom. The van der Waals surface area contributed by atoms with E-state index in [1.165, 1.54) is 4.70 Å². The molecule has 4 rings (SSSR count). The number of benzene rings is 1. The molecule has 3 aromatic rings. The molecule has 2 N–H and O–H groups in total. The maximum atomic E-state index is 13.0. The van der Waals surface area contributed by atoms with Gasteiger partial charge in [-0.1, -0.05) is 12.1 Å². The van der Waals surface area contributed by atoms with Gasteiger partial charge in [0, 0.05) is 25.4 Å². The fourth-order valence-corrected chi connectivity index (χ4v) is 4.36. The molecular formula is C18H22ClN5OS. The molecule has 1 saturated heterocycles. The Kier molecular flexibility index (Phi) is 5.90. The van der Waals surface area contributed by atoms with Crippen molar-refractivity contribution in [2.45, 2.75) is 24.8 Å². The van der Waals surface area contributed by atoms with Crippen molar-refractivity contribution in [1.82, 2.24) is 25.4 Å². The van der Waals surface area contributed by atoms with Gasteiger partial charge in [0.25, 0.3) is 0 Å². The number of hydrogen-bond donors (Lipinski definition) is 2. The van der Waals surface area contributed by atoms with Crippen LogP contribution < -0.4 is 10.6 Å². The van der Waals surface area contributed by atoms with Crippen LogP contribution in [0.2, 0.25) is 0 Å². The first-order valence-electron chi connectivity index (χ1n) is 8.61. The summed E-state index contributed by atoms with van der Waals surface area (Å²) in [6.45, 7) is 2.24. The van der Waals surface area contributed by atoms with Crippen LogP contribution in [-0.4, -0.2) is 40.3 Å². The Bertz CT molecular complexity index is 824. The zero-order valence-corrected chi connectivity index (χ0v) is 16.0. The van der Waals surface area contributed by atoms with E-state index < -0.39 is 5.54 Å². The Morgan fingerprint density at radius 1 is 1.27 bits per heavy atom. The highest BCUT2D eigenvalue weighted by Crippen LogP contribution is 2.27. The second-order valence-corrected chi connectivity index (χ2v) is 7.43. The summed E-state index contributed by atoms with van der Waals surface area (Å²) in [4.78, 5) is 17.6. The second kappa shape index (κ2) is 8.16. The first-order chi connectivity index (χ1) is 12.3. The number of carbonyl (C=O) groups excluding carboxylic acids is 1. The number of thiazole rings is 1. The van der Waals surface area contributed by atoms with Gasteiger partial charge in [-0.25, -0.2) is 4.98 Å². The van der Waals surface area contributed by atoms with Gasteiger partial charge in [-0.05, 0) is 44.1 Å². The van der Waals surface area contributed by atoms with Crippen LogP contribution in [0.5, 0.6) is 0 Å². The van der Waals surface area contributed by atoms with E-state index in [1.54, 1.807) is 17.5 Å². The molecule has 1 aromatic carbocycles. The Labute approximate surface area is 162 Å². The van der Waals surface area contributed by atoms with E-state index >= 15 is 0 Å². The smallest absolute Gasteiger partial charge is 0.248 e. The van der Waals surface area contributed by atoms with Gasteiger partial charge in [0.05, 0.1) is 15.2 Å². The number of hydrogen-bond acceptors (Lipinski definition) is 5. The second-order valence-electron chi connectivity index (χ2n) is 6.31. The zero-order chi connectivity index (χ0) is 17.1. The van der Waals surface area contributed by atoms with Gasteiger partial charge in [-0.3, -0.25) is 9.48 Å². The van der Waals surface area contributed by atoms with E-state index in [2.05, 4.69) is 26.8 Å². The fourth-order valence-electron chi connectivity index (χ4n) is 3.40. The number of piperidine rings is 1. The first kappa shape index (κ1) is 18.8. The summed E-state index contributed by atoms with van der Waals surface area (Å²) in [5, 5.41) is 11.8. The highest BCUT2D eigenvalue weighted by atomic mass is 35.5. The molecule has 0 atom stereocenters. The van der Waals surface area contributed by atoms with Crippen molar-refractivity contribution >= 4 is 39.9 Å². The van der Waals surface area contributed by atoms with Crippen LogP contribution >= 0.6 is 23.7 Å². The number of para-hydroxylation sites is 1. The normalized spacial score (nSPS) is 16.2. The van der Waals surface area contributed by atoms with Crippen molar-refractivity contribution in [2.75, 3.05) is 19.6 Å². The summed E-state index contributed by atoms with van der Waals surface area (Å²) < 4.78 is 3.01. The molecule has 0 unspecified atom stereocenters. The average Bonchev–Trinajstić information content (AvgIpc) is 3.32. The van der Waals surface area contributed by atoms with Crippen LogP contribution in [-0.2, 0) is 16.8 Å². The van der Waals surface area contributed by atoms with Crippen molar-refractivity contribution in [3.05, 3.63) is 47.7 Å². The largest absolute Gasteiger partial charge is 0.354 e. The summed E-state index contributed by atoms with van der Waals surface area (Å²) in [7, 11) is 0. The topological polar surface area (TPSA) is 71.8 Å². The standard InChI is InChI=1S/C18H21N5OS.ClH/c24-17(18(7-11-19-12-8-18)23-13-3-9-21-23)20-10-6-16-22-14-4-1-2-5-15(14)25-16;/h1-5,9,13,19H,6-8,10-12H2,(H,20,24);1H. The third-order valence-electron chi connectivity index (χ3n) is 4.76. The number of carbonyl (C=O) groups is 1. The lowest BCUT2D eigenvalue weighted by Gasteiger charge is -2.36. The first-order valence-corrected chi connectivity index (χ1v) is 9.43. The minimum absolute atomic E-state index is 0. The van der Waals surface area contributed by atoms with E-state index in [4.69, 9.17) is 0 Å². The molecule has 6 nitrogen and oxygen atoms in total. The molecule has 2 aromatic heterocycles. The molecule has 0 saturated carbocycles. The van der Waals surface area contributed by atoms with E-state index in [0.717, 1.165) is 42.9 Å². The molecule has 1 aliphatic rings. The quantitative estimate of drug-likeness (QED) is 0.700. The van der Waals surface area contributed by atoms with Gasteiger partial charge in [0.1, 0.15) is 5.54 Å². The van der Waals surface area contributed by atoms with Gasteiger partial charge in [0.15, 0.2) is 0 Å². The molecular weight excluding hydrogens is 370 g/mol. The van der Waals surface area contributed by atoms with Crippen LogP contribution in [0.15, 0.2) is 42.7 Å². The number of aromatic nitrogens is 3. The molecule has 3 heterocycles. The zero-order valence-electron chi connectivity index (χ0n) is 14.4. The summed E-state index contributed by atoms with van der Waals surface area (Å²) >= 11 is 1.69. The number of amides is 1. The fraction of sp³-hybridized carbons (Fsp3) is 0.389. The Morgan fingerprint density at radius 2 is 2.08 bits per heavy atom. The van der Waals surface area contributed by atoms with Crippen LogP contribution in [0.25, 0.3) is 10.2 Å². The molecule has 1 aliphatic heterocycles. The molecule has 0 radical (unpaired) electrons. The highest BCUT2D eigenvalue weighted by Gasteiger charge is 2.41. The molecule has 26 heavy (non-hydrogen) atoms. The highest BCUT2D eigenvalue weighted by molar-refractivity contribution is 7.18. The lowest BCUT2D eigenvalue weighted by molar-refractivity contribution is -0.131. The number of nitrogens with one attached hydrogen (secondary N) is 2. The number of rotatable bonds is 5. The maximum absolute atomic E-state index is 13.0. The van der Waals surface area contributed by atoms with Gasteiger partial charge >= 0.3 is 0 Å². The SMILES string of the molecule is Cl.O=C(NCCc1nc2ccccc2s1)C1(n2cccn2)CCNCC1. The number of halogens is 1. The summed E-state index contributed by atoms with van der Waals surface area (Å²) in [6.07, 6.45) is 5.87. The lowest BCUT2D eigenvalue weighted by atomic mass is 9.87. The minimum Gasteiger partial charge on any atom is -0.354 e. The van der Waals surface area contributed by atoms with E-state index in [9.17, 15) is 4.79 Å². The predicted octanol–water partition coefficient (Wildman–Crippen LogP) is 2.35.